The van der Waals surface area contributed by atoms with Gasteiger partial charge in [-0.15, -0.1) is 6.58 Å². The minimum Gasteiger partial charge on any atom is -0.328 e. The van der Waals surface area contributed by atoms with Gasteiger partial charge in [0, 0.05) is 5.69 Å². The molecule has 1 heterocycles. The molecule has 0 unspecified atom stereocenters. The number of carbonyl (C=O) groups excluding carboxylic acids is 1. The highest BCUT2D eigenvalue weighted by molar-refractivity contribution is 5.75. The summed E-state index contributed by atoms with van der Waals surface area (Å²) in [5.41, 5.74) is 3.11. The van der Waals surface area contributed by atoms with Crippen LogP contribution in [-0.4, -0.2) is 31.0 Å². The molecule has 1 aliphatic rings. The minimum atomic E-state index is 0.704. The number of hydrogen-bond donors (Lipinski definition) is 1. The summed E-state index contributed by atoms with van der Waals surface area (Å²) >= 11 is 0. The normalized spacial score (nSPS) is 12.6. The summed E-state index contributed by atoms with van der Waals surface area (Å²) < 4.78 is 1.08. The Balaban J connectivity index is 0. The lowest BCUT2D eigenvalue weighted by atomic mass is 10.1. The first kappa shape index (κ1) is 23.4. The zero-order valence-electron chi connectivity index (χ0n) is 15.9. The van der Waals surface area contributed by atoms with E-state index in [0.717, 1.165) is 21.3 Å². The number of aryl methyl sites for hydroxylation is 2. The van der Waals surface area contributed by atoms with Crippen LogP contribution in [0.15, 0.2) is 43.6 Å². The van der Waals surface area contributed by atoms with Gasteiger partial charge in [0.05, 0.1) is 13.2 Å². The van der Waals surface area contributed by atoms with Gasteiger partial charge in [-0.25, -0.2) is 0 Å². The lowest BCUT2D eigenvalue weighted by molar-refractivity contribution is -0.718. The Bertz CT molecular complexity index is 442. The van der Waals surface area contributed by atoms with Crippen molar-refractivity contribution >= 4 is 12.1 Å². The standard InChI is InChI=1S/C9H11NO.C5H10N.C3H8.C3H6/c1-7-4-3-5-8(2)9(7)10-6-11;1-3-6(2)4-5-6;2*1-3-2/h3-6H,1-2H3,(H,10,11);3H,1,4-5H2,2H3;3H2,1-2H3;3H,1H2,2H3/q;+1;;. The molecule has 3 heteroatoms. The van der Waals surface area contributed by atoms with Crippen molar-refractivity contribution in [2.75, 3.05) is 25.5 Å². The van der Waals surface area contributed by atoms with Gasteiger partial charge >= 0.3 is 0 Å². The number of anilines is 1. The molecule has 130 valence electrons. The number of nitrogens with one attached hydrogen (secondary N) is 1. The fourth-order valence-corrected chi connectivity index (χ4v) is 1.44. The summed E-state index contributed by atoms with van der Waals surface area (Å²) in [4.78, 5) is 10.2. The van der Waals surface area contributed by atoms with Crippen LogP contribution in [0.5, 0.6) is 0 Å². The van der Waals surface area contributed by atoms with Crippen LogP contribution in [0, 0.1) is 13.8 Å². The highest BCUT2D eigenvalue weighted by atomic mass is 16.1. The van der Waals surface area contributed by atoms with Crippen LogP contribution in [0.1, 0.15) is 38.3 Å². The molecule has 2 rings (SSSR count). The smallest absolute Gasteiger partial charge is 0.211 e. The Kier molecular flexibility index (Phi) is 14.0. The SMILES string of the molecule is C=CC.C=C[N+]1(C)CC1.CCC.Cc1cccc(C)c1NC=O. The predicted molar refractivity (Wildman–Crippen MR) is 104 cm³/mol. The number of amides is 1. The summed E-state index contributed by atoms with van der Waals surface area (Å²) in [5.74, 6) is 0. The molecule has 1 N–H and O–H groups in total. The van der Waals surface area contributed by atoms with Crippen molar-refractivity contribution in [1.82, 2.24) is 0 Å². The Morgan fingerprint density at radius 1 is 1.17 bits per heavy atom. The summed E-state index contributed by atoms with van der Waals surface area (Å²) in [7, 11) is 2.17. The van der Waals surface area contributed by atoms with E-state index >= 15 is 0 Å². The van der Waals surface area contributed by atoms with E-state index < -0.39 is 0 Å². The predicted octanol–water partition coefficient (Wildman–Crippen LogP) is 5.07. The summed E-state index contributed by atoms with van der Waals surface area (Å²) in [6.07, 6.45) is 5.69. The highest BCUT2D eigenvalue weighted by Gasteiger charge is 2.33. The zero-order valence-corrected chi connectivity index (χ0v) is 15.9. The van der Waals surface area contributed by atoms with Crippen LogP contribution in [0.4, 0.5) is 5.69 Å². The molecule has 0 spiro atoms. The minimum absolute atomic E-state index is 0.704. The van der Waals surface area contributed by atoms with Gasteiger partial charge in [0.2, 0.25) is 6.41 Å². The fraction of sp³-hybridized carbons (Fsp3) is 0.450. The maximum Gasteiger partial charge on any atom is 0.211 e. The Morgan fingerprint density at radius 3 is 1.78 bits per heavy atom. The first-order chi connectivity index (χ1) is 10.8. The van der Waals surface area contributed by atoms with E-state index in [1.807, 2.05) is 45.2 Å². The average Bonchev–Trinajstić information content (AvgIpc) is 3.24. The quantitative estimate of drug-likeness (QED) is 0.358. The molecule has 1 aromatic rings. The molecule has 0 bridgehead atoms. The maximum absolute atomic E-state index is 10.2. The van der Waals surface area contributed by atoms with Crippen LogP contribution < -0.4 is 5.32 Å². The molecule has 1 saturated heterocycles. The highest BCUT2D eigenvalue weighted by Crippen LogP contribution is 2.18. The maximum atomic E-state index is 10.2. The van der Waals surface area contributed by atoms with Crippen molar-refractivity contribution in [3.8, 4) is 0 Å². The largest absolute Gasteiger partial charge is 0.328 e. The van der Waals surface area contributed by atoms with Crippen molar-refractivity contribution in [2.45, 2.75) is 41.0 Å². The van der Waals surface area contributed by atoms with Gasteiger partial charge in [0.1, 0.15) is 13.1 Å². The number of allylic oxidation sites excluding steroid dienone is 1. The van der Waals surface area contributed by atoms with Crippen molar-refractivity contribution < 1.29 is 9.28 Å². The molecule has 0 atom stereocenters. The Morgan fingerprint density at radius 2 is 1.57 bits per heavy atom. The molecule has 0 aromatic heterocycles. The van der Waals surface area contributed by atoms with Crippen LogP contribution in [0.2, 0.25) is 0 Å². The molecule has 1 aromatic carbocycles. The second-order valence-electron chi connectivity index (χ2n) is 5.75. The molecule has 0 aliphatic carbocycles. The van der Waals surface area contributed by atoms with Gasteiger partial charge in [-0.3, -0.25) is 9.28 Å². The van der Waals surface area contributed by atoms with E-state index in [4.69, 9.17) is 0 Å². The van der Waals surface area contributed by atoms with Gasteiger partial charge in [-0.1, -0.05) is 44.5 Å². The van der Waals surface area contributed by atoms with Gasteiger partial charge in [0.15, 0.2) is 0 Å². The number of likely N-dealkylation sites (N-methyl/N-ethyl adjacent to an activating group) is 1. The molecule has 0 saturated carbocycles. The van der Waals surface area contributed by atoms with Crippen molar-refractivity contribution in [2.24, 2.45) is 0 Å². The number of para-hydroxylation sites is 1. The van der Waals surface area contributed by atoms with Gasteiger partial charge in [0.25, 0.3) is 0 Å². The Labute approximate surface area is 143 Å². The molecular formula is C20H35N2O+. The summed E-state index contributed by atoms with van der Waals surface area (Å²) in [5, 5.41) is 2.66. The lowest BCUT2D eigenvalue weighted by Crippen LogP contribution is -2.07. The second-order valence-corrected chi connectivity index (χ2v) is 5.75. The zero-order chi connectivity index (χ0) is 18.3. The van der Waals surface area contributed by atoms with Gasteiger partial charge in [-0.2, -0.15) is 0 Å². The number of nitrogens with zero attached hydrogens (tertiary/aromatic N) is 1. The van der Waals surface area contributed by atoms with E-state index in [0.29, 0.717) is 6.41 Å². The summed E-state index contributed by atoms with van der Waals surface area (Å²) in [6.45, 7) is 19.7. The van der Waals surface area contributed by atoms with Crippen molar-refractivity contribution in [3.05, 3.63) is 54.8 Å². The molecule has 1 fully saturated rings. The third kappa shape index (κ3) is 12.4. The van der Waals surface area contributed by atoms with Crippen LogP contribution in [0.25, 0.3) is 0 Å². The monoisotopic (exact) mass is 319 g/mol. The first-order valence-electron chi connectivity index (χ1n) is 8.16. The van der Waals surface area contributed by atoms with E-state index in [2.05, 4.69) is 39.4 Å². The third-order valence-corrected chi connectivity index (χ3v) is 3.05. The average molecular weight is 320 g/mol. The van der Waals surface area contributed by atoms with Crippen LogP contribution >= 0.6 is 0 Å². The molecule has 1 amide bonds. The van der Waals surface area contributed by atoms with Gasteiger partial charge < -0.3 is 5.32 Å². The van der Waals surface area contributed by atoms with E-state index in [9.17, 15) is 4.79 Å². The van der Waals surface area contributed by atoms with Crippen molar-refractivity contribution in [3.63, 3.8) is 0 Å². The molecule has 1 aliphatic heterocycles. The number of carbonyl (C=O) groups is 1. The second kappa shape index (κ2) is 13.8. The van der Waals surface area contributed by atoms with E-state index in [1.54, 1.807) is 6.08 Å². The van der Waals surface area contributed by atoms with E-state index in [1.165, 1.54) is 19.5 Å². The third-order valence-electron chi connectivity index (χ3n) is 3.05. The topological polar surface area (TPSA) is 29.1 Å². The fourth-order valence-electron chi connectivity index (χ4n) is 1.44. The van der Waals surface area contributed by atoms with Crippen LogP contribution in [0.3, 0.4) is 0 Å². The number of quaternary nitrogens is 1. The molecular weight excluding hydrogens is 284 g/mol. The molecule has 3 nitrogen and oxygen atoms in total. The number of hydrogen-bond acceptors (Lipinski definition) is 1. The molecule has 0 radical (unpaired) electrons. The van der Waals surface area contributed by atoms with Crippen molar-refractivity contribution in [1.29, 1.82) is 0 Å². The van der Waals surface area contributed by atoms with E-state index in [-0.39, 0.29) is 0 Å². The number of rotatable bonds is 3. The van der Waals surface area contributed by atoms with Gasteiger partial charge in [-0.05, 0) is 38.5 Å². The summed E-state index contributed by atoms with van der Waals surface area (Å²) in [6, 6.07) is 5.91. The number of benzene rings is 1. The molecule has 23 heavy (non-hydrogen) atoms. The first-order valence-corrected chi connectivity index (χ1v) is 8.16. The van der Waals surface area contributed by atoms with Crippen LogP contribution in [-0.2, 0) is 4.79 Å². The lowest BCUT2D eigenvalue weighted by Gasteiger charge is -2.06. The Hall–Kier alpha value is -1.87.